The van der Waals surface area contributed by atoms with Gasteiger partial charge in [-0.3, -0.25) is 4.18 Å². The fourth-order valence-corrected chi connectivity index (χ4v) is 2.07. The first-order valence-corrected chi connectivity index (χ1v) is 8.00. The molecule has 9 heteroatoms. The second-order valence-electron chi connectivity index (χ2n) is 4.41. The minimum atomic E-state index is -4.48. The number of halogens is 1. The van der Waals surface area contributed by atoms with Gasteiger partial charge in [-0.2, -0.15) is 0 Å². The van der Waals surface area contributed by atoms with Crippen LogP contribution in [0.5, 0.6) is 0 Å². The molecular formula is C12H25ClNa3O4S+. The molecule has 0 bridgehead atoms. The summed E-state index contributed by atoms with van der Waals surface area (Å²) >= 11 is 0. The average molecular weight is 370 g/mol. The van der Waals surface area contributed by atoms with Crippen molar-refractivity contribution in [2.45, 2.75) is 71.1 Å². The molecule has 4 nitrogen and oxygen atoms in total. The minimum Gasteiger partial charge on any atom is -1.00 e. The Morgan fingerprint density at radius 3 is 1.43 bits per heavy atom. The molecule has 0 unspecified atom stereocenters. The molecule has 0 aliphatic heterocycles. The molecule has 21 heavy (non-hydrogen) atoms. The molecule has 0 aliphatic rings. The first-order chi connectivity index (χ1) is 8.06. The summed E-state index contributed by atoms with van der Waals surface area (Å²) in [4.78, 5) is 0. The normalized spacial score (nSPS) is 9.62. The van der Waals surface area contributed by atoms with Crippen LogP contribution in [0.2, 0.25) is 0 Å². The number of unbranched alkanes of at least 4 members (excludes halogenated alkanes) is 9. The maximum Gasteiger partial charge on any atom is 1.00 e. The molecule has 0 saturated carbocycles. The minimum absolute atomic E-state index is 0. The molecule has 0 radical (unpaired) electrons. The van der Waals surface area contributed by atoms with E-state index in [-0.39, 0.29) is 108 Å². The molecule has 0 fully saturated rings. The molecule has 0 spiro atoms. The third-order valence-electron chi connectivity index (χ3n) is 2.73. The summed E-state index contributed by atoms with van der Waals surface area (Å²) in [5.41, 5.74) is 0. The SMILES string of the molecule is CCCCCCCCCCCCOS(=O)(=O)[O-].[Cl-].[Na+].[Na+].[Na+]. The second kappa shape index (κ2) is 25.4. The zero-order valence-electron chi connectivity index (χ0n) is 14.2. The smallest absolute Gasteiger partial charge is 1.00 e. The molecule has 0 N–H and O–H groups in total. The van der Waals surface area contributed by atoms with Crippen molar-refractivity contribution in [3.63, 3.8) is 0 Å². The summed E-state index contributed by atoms with van der Waals surface area (Å²) in [7, 11) is -4.48. The predicted octanol–water partition coefficient (Wildman–Crippen LogP) is -8.60. The van der Waals surface area contributed by atoms with E-state index in [0.717, 1.165) is 12.8 Å². The van der Waals surface area contributed by atoms with E-state index in [1.807, 2.05) is 0 Å². The molecular weight excluding hydrogens is 345 g/mol. The first kappa shape index (κ1) is 35.3. The van der Waals surface area contributed by atoms with Crippen LogP contribution in [0, 0.1) is 0 Å². The van der Waals surface area contributed by atoms with Gasteiger partial charge in [0.25, 0.3) is 0 Å². The Bertz CT molecular complexity index is 267. The third kappa shape index (κ3) is 35.2. The molecule has 0 aromatic carbocycles. The molecule has 0 aromatic rings. The Morgan fingerprint density at radius 1 is 0.762 bits per heavy atom. The van der Waals surface area contributed by atoms with E-state index in [4.69, 9.17) is 0 Å². The van der Waals surface area contributed by atoms with Crippen LogP contribution < -0.4 is 101 Å². The molecule has 0 heterocycles. The molecule has 0 amide bonds. The van der Waals surface area contributed by atoms with E-state index >= 15 is 0 Å². The first-order valence-electron chi connectivity index (χ1n) is 6.66. The number of rotatable bonds is 12. The Morgan fingerprint density at radius 2 is 1.10 bits per heavy atom. The van der Waals surface area contributed by atoms with E-state index < -0.39 is 10.4 Å². The van der Waals surface area contributed by atoms with Crippen LogP contribution in [0.25, 0.3) is 0 Å². The summed E-state index contributed by atoms with van der Waals surface area (Å²) in [6.07, 6.45) is 11.7. The topological polar surface area (TPSA) is 66.4 Å². The quantitative estimate of drug-likeness (QED) is 0.148. The summed E-state index contributed by atoms with van der Waals surface area (Å²) in [6.45, 7) is 2.24. The van der Waals surface area contributed by atoms with Gasteiger partial charge in [-0.1, -0.05) is 64.7 Å². The monoisotopic (exact) mass is 369 g/mol. The fourth-order valence-electron chi connectivity index (χ4n) is 1.75. The van der Waals surface area contributed by atoms with Gasteiger partial charge in [-0.25, -0.2) is 8.42 Å². The van der Waals surface area contributed by atoms with Crippen LogP contribution >= 0.6 is 0 Å². The van der Waals surface area contributed by atoms with Gasteiger partial charge in [0.05, 0.1) is 6.61 Å². The van der Waals surface area contributed by atoms with Crippen molar-refractivity contribution in [1.82, 2.24) is 0 Å². The zero-order valence-corrected chi connectivity index (χ0v) is 21.8. The van der Waals surface area contributed by atoms with E-state index in [9.17, 15) is 13.0 Å². The largest absolute Gasteiger partial charge is 1.00 e. The standard InChI is InChI=1S/C12H26O4S.ClH.3Na/c1-2-3-4-5-6-7-8-9-10-11-12-16-17(13,14)15;;;;/h2-12H2,1H3,(H,13,14,15);1H;;;/q;;3*+1/p-2. The maximum absolute atomic E-state index is 10.1. The third-order valence-corrected chi connectivity index (χ3v) is 3.18. The molecule has 112 valence electrons. The van der Waals surface area contributed by atoms with Gasteiger partial charge < -0.3 is 17.0 Å². The van der Waals surface area contributed by atoms with Crippen LogP contribution in [0.4, 0.5) is 0 Å². The molecule has 0 rings (SSSR count). The van der Waals surface area contributed by atoms with Crippen molar-refractivity contribution in [3.8, 4) is 0 Å². The fraction of sp³-hybridized carbons (Fsp3) is 1.00. The van der Waals surface area contributed by atoms with Gasteiger partial charge in [-0.05, 0) is 6.42 Å². The van der Waals surface area contributed by atoms with Crippen molar-refractivity contribution in [2.75, 3.05) is 6.61 Å². The van der Waals surface area contributed by atoms with Crippen LogP contribution in [-0.4, -0.2) is 19.6 Å². The van der Waals surface area contributed by atoms with Crippen LogP contribution in [-0.2, 0) is 14.6 Å². The Balaban J connectivity index is -0.000000213. The van der Waals surface area contributed by atoms with Crippen molar-refractivity contribution >= 4 is 10.4 Å². The zero-order chi connectivity index (χ0) is 13.0. The van der Waals surface area contributed by atoms with Crippen LogP contribution in [0.15, 0.2) is 0 Å². The number of hydrogen-bond acceptors (Lipinski definition) is 4. The number of hydrogen-bond donors (Lipinski definition) is 0. The van der Waals surface area contributed by atoms with Gasteiger partial charge in [0, 0.05) is 0 Å². The van der Waals surface area contributed by atoms with Gasteiger partial charge in [0.1, 0.15) is 0 Å². The van der Waals surface area contributed by atoms with E-state index in [1.165, 1.54) is 44.9 Å². The predicted molar refractivity (Wildman–Crippen MR) is 67.5 cm³/mol. The van der Waals surface area contributed by atoms with E-state index in [0.29, 0.717) is 6.42 Å². The summed E-state index contributed by atoms with van der Waals surface area (Å²) in [5.74, 6) is 0. The summed E-state index contributed by atoms with van der Waals surface area (Å²) in [6, 6.07) is 0. The van der Waals surface area contributed by atoms with Gasteiger partial charge in [-0.15, -0.1) is 0 Å². The summed E-state index contributed by atoms with van der Waals surface area (Å²) < 4.78 is 34.5. The van der Waals surface area contributed by atoms with E-state index in [1.54, 1.807) is 0 Å². The molecule has 0 atom stereocenters. The van der Waals surface area contributed by atoms with Crippen LogP contribution in [0.1, 0.15) is 71.1 Å². The Kier molecular flexibility index (Phi) is 42.7. The van der Waals surface area contributed by atoms with Gasteiger partial charge in [0.2, 0.25) is 10.4 Å². The maximum atomic E-state index is 10.1. The average Bonchev–Trinajstić information content (AvgIpc) is 2.24. The molecule has 0 saturated heterocycles. The Hall–Kier alpha value is 3.16. The van der Waals surface area contributed by atoms with Crippen molar-refractivity contribution in [1.29, 1.82) is 0 Å². The Labute approximate surface area is 203 Å². The van der Waals surface area contributed by atoms with E-state index in [2.05, 4.69) is 11.1 Å². The van der Waals surface area contributed by atoms with Crippen molar-refractivity contribution in [2.24, 2.45) is 0 Å². The van der Waals surface area contributed by atoms with Crippen LogP contribution in [0.3, 0.4) is 0 Å². The van der Waals surface area contributed by atoms with Crippen molar-refractivity contribution in [3.05, 3.63) is 0 Å². The van der Waals surface area contributed by atoms with Gasteiger partial charge in [0.15, 0.2) is 0 Å². The van der Waals surface area contributed by atoms with Crippen molar-refractivity contribution < 1.29 is 118 Å². The van der Waals surface area contributed by atoms with Gasteiger partial charge >= 0.3 is 88.7 Å². The molecule has 0 aliphatic carbocycles. The molecule has 0 aromatic heterocycles. The second-order valence-corrected chi connectivity index (χ2v) is 5.46. The summed E-state index contributed by atoms with van der Waals surface area (Å²) in [5, 5.41) is 0.